The second-order valence-corrected chi connectivity index (χ2v) is 10.4. The summed E-state index contributed by atoms with van der Waals surface area (Å²) in [5.41, 5.74) is 0.214. The first kappa shape index (κ1) is 32.9. The fraction of sp³-hybridized carbons (Fsp3) is 0.500. The van der Waals surface area contributed by atoms with Gasteiger partial charge in [-0.1, -0.05) is 68.0 Å². The van der Waals surface area contributed by atoms with E-state index < -0.39 is 23.2 Å². The van der Waals surface area contributed by atoms with Crippen LogP contribution in [0.5, 0.6) is 0 Å². The molecule has 2 heterocycles. The zero-order valence-electron chi connectivity index (χ0n) is 21.8. The number of aliphatic hydroxyl groups is 2. The Hall–Kier alpha value is -2.30. The number of anilines is 1. The van der Waals surface area contributed by atoms with Crippen LogP contribution in [-0.4, -0.2) is 54.9 Å². The van der Waals surface area contributed by atoms with Crippen molar-refractivity contribution in [2.45, 2.75) is 56.5 Å². The number of fused-ring (bicyclic) bond motifs is 2. The number of allylic oxidation sites excluding steroid dienone is 5. The minimum atomic E-state index is -0.895. The zero-order chi connectivity index (χ0) is 28.8. The molecule has 2 fully saturated rings. The van der Waals surface area contributed by atoms with Crippen molar-refractivity contribution in [3.05, 3.63) is 64.2 Å². The van der Waals surface area contributed by atoms with Gasteiger partial charge in [-0.3, -0.25) is 9.59 Å². The molecule has 7 nitrogen and oxygen atoms in total. The van der Waals surface area contributed by atoms with E-state index in [2.05, 4.69) is 22.5 Å². The van der Waals surface area contributed by atoms with Gasteiger partial charge in [-0.15, -0.1) is 0 Å². The number of carbonyl (C=O) groups excluding carboxylic acids is 2. The van der Waals surface area contributed by atoms with Gasteiger partial charge in [-0.25, -0.2) is 8.78 Å². The van der Waals surface area contributed by atoms with Gasteiger partial charge in [0.05, 0.1) is 28.2 Å². The van der Waals surface area contributed by atoms with E-state index in [0.29, 0.717) is 50.1 Å². The summed E-state index contributed by atoms with van der Waals surface area (Å²) in [6, 6.07) is 2.74. The van der Waals surface area contributed by atoms with Crippen LogP contribution in [0.3, 0.4) is 0 Å². The van der Waals surface area contributed by atoms with E-state index in [0.717, 1.165) is 0 Å². The summed E-state index contributed by atoms with van der Waals surface area (Å²) in [7, 11) is 0. The quantitative estimate of drug-likeness (QED) is 0.161. The maximum atomic E-state index is 14.0. The van der Waals surface area contributed by atoms with E-state index in [-0.39, 0.29) is 28.5 Å². The fourth-order valence-corrected chi connectivity index (χ4v) is 5.03. The van der Waals surface area contributed by atoms with Crippen molar-refractivity contribution in [3.8, 4) is 0 Å². The Morgan fingerprint density at radius 3 is 2.54 bits per heavy atom. The smallest absolute Gasteiger partial charge is 0.236 e. The first-order valence-electron chi connectivity index (χ1n) is 13.0. The van der Waals surface area contributed by atoms with Crippen molar-refractivity contribution in [2.75, 3.05) is 31.6 Å². The Morgan fingerprint density at radius 2 is 1.95 bits per heavy atom. The number of nitrogens with one attached hydrogen (secondary N) is 3. The first-order valence-corrected chi connectivity index (χ1v) is 13.8. The number of halogens is 4. The topological polar surface area (TPSA) is 111 Å². The highest BCUT2D eigenvalue weighted by atomic mass is 35.5. The first-order chi connectivity index (χ1) is 18.7. The van der Waals surface area contributed by atoms with Crippen LogP contribution in [0.15, 0.2) is 47.8 Å². The average molecular weight is 589 g/mol. The van der Waals surface area contributed by atoms with Gasteiger partial charge in [0.15, 0.2) is 0 Å². The van der Waals surface area contributed by atoms with Gasteiger partial charge in [-0.05, 0) is 55.2 Å². The van der Waals surface area contributed by atoms with Gasteiger partial charge in [-0.2, -0.15) is 0 Å². The molecule has 1 aliphatic carbocycles. The third-order valence-electron chi connectivity index (χ3n) is 6.94. The SMILES string of the molecule is C1CCCC1.C=C/C(Cl)=C(F)\C=C/C[C@H]1CNC[C@]12C(=O)Nc1cc(Cl)c(F)cc12.O=CNCCC(O)CO. The molecule has 3 aliphatic rings. The summed E-state index contributed by atoms with van der Waals surface area (Å²) in [6.07, 6.45) is 12.3. The molecule has 1 saturated heterocycles. The molecule has 2 amide bonds. The molecule has 3 atom stereocenters. The molecule has 1 saturated carbocycles. The largest absolute Gasteiger partial charge is 0.394 e. The summed E-state index contributed by atoms with van der Waals surface area (Å²) in [4.78, 5) is 22.3. The highest BCUT2D eigenvalue weighted by Crippen LogP contribution is 2.47. The monoisotopic (exact) mass is 587 g/mol. The Bertz CT molecular complexity index is 1040. The minimum absolute atomic E-state index is 0.0372. The lowest BCUT2D eigenvalue weighted by Crippen LogP contribution is -2.41. The summed E-state index contributed by atoms with van der Waals surface area (Å²) < 4.78 is 27.6. The number of amides is 2. The molecular formula is C28H37Cl2F2N3O4. The van der Waals surface area contributed by atoms with Crippen LogP contribution in [0.4, 0.5) is 14.5 Å². The Labute approximate surface area is 238 Å². The number of hydrogen-bond donors (Lipinski definition) is 5. The number of hydrogen-bond acceptors (Lipinski definition) is 5. The molecule has 1 spiro atoms. The second-order valence-electron chi connectivity index (χ2n) is 9.57. The van der Waals surface area contributed by atoms with E-state index in [1.54, 1.807) is 6.08 Å². The van der Waals surface area contributed by atoms with Gasteiger partial charge >= 0.3 is 0 Å². The van der Waals surface area contributed by atoms with Crippen LogP contribution in [0, 0.1) is 11.7 Å². The Morgan fingerprint density at radius 1 is 1.28 bits per heavy atom. The third kappa shape index (κ3) is 9.11. The molecule has 1 unspecified atom stereocenters. The fourth-order valence-electron chi connectivity index (χ4n) is 4.80. The standard InChI is InChI=1S/C18H16Cl2F2N2O.C5H11NO3.C5H10/c1-2-12(19)14(21)5-3-4-10-8-23-9-18(10)11-6-15(22)13(20)7-16(11)24-17(18)25;7-3-5(9)1-2-6-4-8;1-2-4-5-3-1/h2-3,5-7,10,23H,1,4,8-9H2,(H,24,25);4-5,7,9H,1-3H2,(H,6,8);1-5H2/b5-3-,14-12-;;/t10-,18-;;/m0../s1. The van der Waals surface area contributed by atoms with E-state index in [4.69, 9.17) is 33.4 Å². The van der Waals surface area contributed by atoms with E-state index >= 15 is 0 Å². The normalized spacial score (nSPS) is 22.7. The molecular weight excluding hydrogens is 551 g/mol. The number of benzene rings is 1. The third-order valence-corrected chi connectivity index (χ3v) is 7.57. The summed E-state index contributed by atoms with van der Waals surface area (Å²) >= 11 is 11.5. The van der Waals surface area contributed by atoms with Crippen molar-refractivity contribution in [3.63, 3.8) is 0 Å². The Balaban J connectivity index is 0.000000312. The van der Waals surface area contributed by atoms with E-state index in [1.807, 2.05) is 0 Å². The van der Waals surface area contributed by atoms with Gasteiger partial charge in [0.25, 0.3) is 0 Å². The molecule has 2 aliphatic heterocycles. The molecule has 1 aromatic rings. The predicted octanol–water partition coefficient (Wildman–Crippen LogP) is 4.87. The molecule has 0 radical (unpaired) electrons. The molecule has 11 heteroatoms. The van der Waals surface area contributed by atoms with Gasteiger partial charge < -0.3 is 26.2 Å². The number of aliphatic hydroxyl groups excluding tert-OH is 2. The van der Waals surface area contributed by atoms with Crippen LogP contribution < -0.4 is 16.0 Å². The van der Waals surface area contributed by atoms with Crippen LogP contribution in [0.2, 0.25) is 5.02 Å². The van der Waals surface area contributed by atoms with Gasteiger partial charge in [0, 0.05) is 18.8 Å². The van der Waals surface area contributed by atoms with Crippen molar-refractivity contribution in [2.24, 2.45) is 5.92 Å². The molecule has 1 aromatic carbocycles. The van der Waals surface area contributed by atoms with E-state index in [9.17, 15) is 18.4 Å². The lowest BCUT2D eigenvalue weighted by atomic mass is 9.72. The van der Waals surface area contributed by atoms with Gasteiger partial charge in [0.1, 0.15) is 11.6 Å². The number of rotatable bonds is 9. The van der Waals surface area contributed by atoms with Crippen LogP contribution in [0.1, 0.15) is 50.5 Å². The second kappa shape index (κ2) is 16.7. The summed E-state index contributed by atoms with van der Waals surface area (Å²) in [5.74, 6) is -1.51. The summed E-state index contributed by atoms with van der Waals surface area (Å²) in [6.45, 7) is 4.50. The maximum Gasteiger partial charge on any atom is 0.236 e. The average Bonchev–Trinajstić information content (AvgIpc) is 3.69. The van der Waals surface area contributed by atoms with Crippen molar-refractivity contribution in [1.82, 2.24) is 10.6 Å². The van der Waals surface area contributed by atoms with Crippen LogP contribution in [0.25, 0.3) is 0 Å². The Kier molecular flexibility index (Phi) is 14.1. The van der Waals surface area contributed by atoms with Gasteiger partial charge in [0.2, 0.25) is 12.3 Å². The molecule has 0 bridgehead atoms. The highest BCUT2D eigenvalue weighted by molar-refractivity contribution is 6.31. The zero-order valence-corrected chi connectivity index (χ0v) is 23.3. The lowest BCUT2D eigenvalue weighted by Gasteiger charge is -2.27. The predicted molar refractivity (Wildman–Crippen MR) is 151 cm³/mol. The molecule has 4 rings (SSSR count). The summed E-state index contributed by atoms with van der Waals surface area (Å²) in [5, 5.41) is 25.2. The molecule has 216 valence electrons. The number of carbonyl (C=O) groups is 2. The molecule has 0 aromatic heterocycles. The van der Waals surface area contributed by atoms with Crippen molar-refractivity contribution in [1.29, 1.82) is 0 Å². The lowest BCUT2D eigenvalue weighted by molar-refractivity contribution is -0.121. The molecule has 39 heavy (non-hydrogen) atoms. The maximum absolute atomic E-state index is 14.0. The minimum Gasteiger partial charge on any atom is -0.394 e. The van der Waals surface area contributed by atoms with E-state index in [1.165, 1.54) is 56.4 Å². The highest BCUT2D eigenvalue weighted by Gasteiger charge is 2.54. The van der Waals surface area contributed by atoms with Crippen LogP contribution >= 0.6 is 23.2 Å². The molecule has 5 N–H and O–H groups in total. The van der Waals surface area contributed by atoms with Crippen molar-refractivity contribution < 1.29 is 28.6 Å². The van der Waals surface area contributed by atoms with Crippen LogP contribution in [-0.2, 0) is 15.0 Å². The van der Waals surface area contributed by atoms with Crippen molar-refractivity contribution >= 4 is 41.2 Å².